The summed E-state index contributed by atoms with van der Waals surface area (Å²) in [6, 6.07) is 0. The Hall–Kier alpha value is -1.31. The van der Waals surface area contributed by atoms with Crippen LogP contribution in [-0.4, -0.2) is 12.5 Å². The van der Waals surface area contributed by atoms with Crippen molar-refractivity contribution < 1.29 is 4.79 Å². The van der Waals surface area contributed by atoms with Crippen molar-refractivity contribution in [3.63, 3.8) is 0 Å². The quantitative estimate of drug-likeness (QED) is 0.664. The molecule has 0 saturated carbocycles. The van der Waals surface area contributed by atoms with Gasteiger partial charge in [-0.2, -0.15) is 0 Å². The first-order valence-electron chi connectivity index (χ1n) is 5.73. The molecule has 0 fully saturated rings. The van der Waals surface area contributed by atoms with Crippen molar-refractivity contribution in [1.82, 2.24) is 5.32 Å². The minimum Gasteiger partial charge on any atom is -0.348 e. The molecule has 0 aromatic carbocycles. The molecule has 1 N–H and O–H groups in total. The van der Waals surface area contributed by atoms with E-state index >= 15 is 0 Å². The zero-order valence-corrected chi connectivity index (χ0v) is 10.4. The highest BCUT2D eigenvalue weighted by atomic mass is 16.1. The van der Waals surface area contributed by atoms with Gasteiger partial charge in [0.1, 0.15) is 0 Å². The predicted octanol–water partition coefficient (Wildman–Crippen LogP) is 2.59. The SMILES string of the molecule is CC(C)(C)C1(C)C=CC2=C(C=C1)C(=O)NC2. The third-order valence-electron chi connectivity index (χ3n) is 3.87. The molecule has 2 aliphatic rings. The summed E-state index contributed by atoms with van der Waals surface area (Å²) in [5, 5.41) is 2.84. The molecule has 0 bridgehead atoms. The van der Waals surface area contributed by atoms with E-state index in [0.29, 0.717) is 6.54 Å². The van der Waals surface area contributed by atoms with E-state index in [2.05, 4.69) is 51.2 Å². The van der Waals surface area contributed by atoms with Gasteiger partial charge in [0.15, 0.2) is 0 Å². The van der Waals surface area contributed by atoms with Crippen molar-refractivity contribution in [2.75, 3.05) is 6.54 Å². The first kappa shape index (κ1) is 11.2. The third kappa shape index (κ3) is 1.62. The van der Waals surface area contributed by atoms with Gasteiger partial charge in [0.05, 0.1) is 0 Å². The van der Waals surface area contributed by atoms with Gasteiger partial charge in [0.2, 0.25) is 0 Å². The maximum Gasteiger partial charge on any atom is 0.251 e. The van der Waals surface area contributed by atoms with Gasteiger partial charge in [-0.25, -0.2) is 0 Å². The summed E-state index contributed by atoms with van der Waals surface area (Å²) in [5.74, 6) is 0.0501. The van der Waals surface area contributed by atoms with Crippen LogP contribution in [0.1, 0.15) is 27.7 Å². The molecule has 16 heavy (non-hydrogen) atoms. The monoisotopic (exact) mass is 217 g/mol. The number of rotatable bonds is 0. The largest absolute Gasteiger partial charge is 0.348 e. The Labute approximate surface area is 97.1 Å². The minimum absolute atomic E-state index is 0.00236. The molecule has 0 saturated heterocycles. The first-order valence-corrected chi connectivity index (χ1v) is 5.73. The van der Waals surface area contributed by atoms with Crippen LogP contribution in [0.5, 0.6) is 0 Å². The van der Waals surface area contributed by atoms with Crippen LogP contribution in [0.3, 0.4) is 0 Å². The van der Waals surface area contributed by atoms with E-state index in [9.17, 15) is 4.79 Å². The van der Waals surface area contributed by atoms with E-state index in [1.165, 1.54) is 0 Å². The number of hydrogen-bond acceptors (Lipinski definition) is 1. The molecule has 2 nitrogen and oxygen atoms in total. The molecular weight excluding hydrogens is 198 g/mol. The summed E-state index contributed by atoms with van der Waals surface area (Å²) < 4.78 is 0. The lowest BCUT2D eigenvalue weighted by Gasteiger charge is -2.37. The van der Waals surface area contributed by atoms with E-state index in [0.717, 1.165) is 11.1 Å². The zero-order chi connectivity index (χ0) is 12.0. The van der Waals surface area contributed by atoms with E-state index in [1.54, 1.807) is 0 Å². The molecule has 0 aromatic rings. The average Bonchev–Trinajstić information content (AvgIpc) is 2.41. The molecule has 86 valence electrons. The lowest BCUT2D eigenvalue weighted by molar-refractivity contribution is -0.116. The van der Waals surface area contributed by atoms with Crippen molar-refractivity contribution >= 4 is 5.91 Å². The van der Waals surface area contributed by atoms with Crippen LogP contribution in [0, 0.1) is 10.8 Å². The summed E-state index contributed by atoms with van der Waals surface area (Å²) in [4.78, 5) is 11.6. The lowest BCUT2D eigenvalue weighted by Crippen LogP contribution is -2.28. The van der Waals surface area contributed by atoms with Gasteiger partial charge in [-0.1, -0.05) is 52.0 Å². The second-order valence-electron chi connectivity index (χ2n) is 5.82. The molecular formula is C14H19NO. The van der Waals surface area contributed by atoms with Gasteiger partial charge in [-0.05, 0) is 11.0 Å². The van der Waals surface area contributed by atoms with Crippen LogP contribution in [0.2, 0.25) is 0 Å². The Kier molecular flexibility index (Phi) is 2.33. The van der Waals surface area contributed by atoms with Gasteiger partial charge < -0.3 is 5.32 Å². The molecule has 0 radical (unpaired) electrons. The van der Waals surface area contributed by atoms with Crippen LogP contribution < -0.4 is 5.32 Å². The number of amides is 1. The Morgan fingerprint density at radius 2 is 1.88 bits per heavy atom. The predicted molar refractivity (Wildman–Crippen MR) is 65.9 cm³/mol. The number of carbonyl (C=O) groups excluding carboxylic acids is 1. The van der Waals surface area contributed by atoms with Crippen molar-refractivity contribution in [1.29, 1.82) is 0 Å². The molecule has 2 heteroatoms. The fourth-order valence-corrected chi connectivity index (χ4v) is 1.93. The number of hydrogen-bond donors (Lipinski definition) is 1. The third-order valence-corrected chi connectivity index (χ3v) is 3.87. The van der Waals surface area contributed by atoms with Crippen molar-refractivity contribution in [3.05, 3.63) is 35.5 Å². The molecule has 1 heterocycles. The Balaban J connectivity index is 2.40. The summed E-state index contributed by atoms with van der Waals surface area (Å²) >= 11 is 0. The van der Waals surface area contributed by atoms with Gasteiger partial charge in [0, 0.05) is 17.5 Å². The Morgan fingerprint density at radius 3 is 2.50 bits per heavy atom. The smallest absolute Gasteiger partial charge is 0.251 e. The van der Waals surface area contributed by atoms with Crippen molar-refractivity contribution in [2.45, 2.75) is 27.7 Å². The van der Waals surface area contributed by atoms with Crippen LogP contribution in [0.25, 0.3) is 0 Å². The molecule has 2 rings (SSSR count). The van der Waals surface area contributed by atoms with E-state index in [1.807, 2.05) is 6.08 Å². The molecule has 1 amide bonds. The summed E-state index contributed by atoms with van der Waals surface area (Å²) in [6.07, 6.45) is 8.43. The molecule has 0 spiro atoms. The Morgan fingerprint density at radius 1 is 1.25 bits per heavy atom. The minimum atomic E-state index is -0.00236. The van der Waals surface area contributed by atoms with Crippen molar-refractivity contribution in [2.24, 2.45) is 10.8 Å². The number of allylic oxidation sites excluding steroid dienone is 2. The summed E-state index contributed by atoms with van der Waals surface area (Å²) in [7, 11) is 0. The standard InChI is InChI=1S/C14H19NO/c1-13(2,3)14(4)7-5-10-9-15-12(16)11(10)6-8-14/h5-8H,9H2,1-4H3,(H,15,16). The van der Waals surface area contributed by atoms with E-state index in [4.69, 9.17) is 0 Å². The molecule has 1 aliphatic heterocycles. The van der Waals surface area contributed by atoms with Gasteiger partial charge >= 0.3 is 0 Å². The highest BCUT2D eigenvalue weighted by molar-refractivity contribution is 6.00. The van der Waals surface area contributed by atoms with E-state index in [-0.39, 0.29) is 16.7 Å². The van der Waals surface area contributed by atoms with Crippen molar-refractivity contribution in [3.8, 4) is 0 Å². The summed E-state index contributed by atoms with van der Waals surface area (Å²) in [6.45, 7) is 9.53. The molecule has 0 aromatic heterocycles. The fourth-order valence-electron chi connectivity index (χ4n) is 1.93. The molecule has 1 aliphatic carbocycles. The van der Waals surface area contributed by atoms with Crippen LogP contribution >= 0.6 is 0 Å². The van der Waals surface area contributed by atoms with E-state index < -0.39 is 0 Å². The number of nitrogens with one attached hydrogen (secondary N) is 1. The maximum atomic E-state index is 11.6. The van der Waals surface area contributed by atoms with Gasteiger partial charge in [-0.15, -0.1) is 0 Å². The second-order valence-corrected chi connectivity index (χ2v) is 5.82. The fraction of sp³-hybridized carbons (Fsp3) is 0.500. The van der Waals surface area contributed by atoms with Gasteiger partial charge in [-0.3, -0.25) is 4.79 Å². The molecule has 1 unspecified atom stereocenters. The summed E-state index contributed by atoms with van der Waals surface area (Å²) in [5.41, 5.74) is 2.08. The van der Waals surface area contributed by atoms with Crippen LogP contribution in [0.4, 0.5) is 0 Å². The number of carbonyl (C=O) groups is 1. The zero-order valence-electron chi connectivity index (χ0n) is 10.4. The average molecular weight is 217 g/mol. The molecule has 1 atom stereocenters. The Bertz CT molecular complexity index is 421. The van der Waals surface area contributed by atoms with Crippen LogP contribution in [0.15, 0.2) is 35.5 Å². The first-order chi connectivity index (χ1) is 7.33. The topological polar surface area (TPSA) is 29.1 Å². The lowest BCUT2D eigenvalue weighted by atomic mass is 9.67. The highest BCUT2D eigenvalue weighted by Crippen LogP contribution is 2.42. The maximum absolute atomic E-state index is 11.6. The second kappa shape index (κ2) is 3.34. The van der Waals surface area contributed by atoms with Gasteiger partial charge in [0.25, 0.3) is 5.91 Å². The van der Waals surface area contributed by atoms with Crippen LogP contribution in [-0.2, 0) is 4.79 Å². The highest BCUT2D eigenvalue weighted by Gasteiger charge is 2.34. The normalized spacial score (nSPS) is 29.1.